The zero-order valence-electron chi connectivity index (χ0n) is 17.5. The van der Waals surface area contributed by atoms with Crippen LogP contribution in [0.5, 0.6) is 0 Å². The monoisotopic (exact) mass is 471 g/mol. The van der Waals surface area contributed by atoms with E-state index in [2.05, 4.69) is 42.6 Å². The first-order valence-electron chi connectivity index (χ1n) is 10.5. The fraction of sp³-hybridized carbons (Fsp3) is 0.333. The number of rotatable bonds is 5. The van der Waals surface area contributed by atoms with Crippen molar-refractivity contribution < 1.29 is 25.2 Å². The number of aliphatic hydroxyl groups excluding tert-OH is 4. The first kappa shape index (κ1) is 21.8. The Morgan fingerprint density at radius 1 is 0.969 bits per heavy atom. The molecule has 0 aliphatic carbocycles. The minimum atomic E-state index is -1.41. The highest BCUT2D eigenvalue weighted by Gasteiger charge is 2.44. The lowest BCUT2D eigenvalue weighted by atomic mass is 9.98. The van der Waals surface area contributed by atoms with Crippen molar-refractivity contribution >= 4 is 33.6 Å². The molecule has 8 heteroatoms. The lowest BCUT2D eigenvalue weighted by Crippen LogP contribution is -2.56. The van der Waals surface area contributed by atoms with Crippen LogP contribution in [0, 0.1) is 6.92 Å². The number of aromatic nitrogens is 1. The van der Waals surface area contributed by atoms with Gasteiger partial charge in [-0.15, -0.1) is 22.7 Å². The van der Waals surface area contributed by atoms with E-state index in [0.29, 0.717) is 0 Å². The molecular formula is C24H25NO5S2. The van der Waals surface area contributed by atoms with Crippen molar-refractivity contribution in [3.8, 4) is 9.75 Å². The predicted molar refractivity (Wildman–Crippen MR) is 126 cm³/mol. The second-order valence-electron chi connectivity index (χ2n) is 8.17. The molecule has 0 bridgehead atoms. The first-order chi connectivity index (χ1) is 15.5. The van der Waals surface area contributed by atoms with Gasteiger partial charge in [0.05, 0.1) is 12.1 Å². The van der Waals surface area contributed by atoms with Crippen LogP contribution in [0.2, 0.25) is 0 Å². The van der Waals surface area contributed by atoms with Crippen LogP contribution in [0.3, 0.4) is 0 Å². The maximum Gasteiger partial charge on any atom is 0.163 e. The van der Waals surface area contributed by atoms with Gasteiger partial charge in [0, 0.05) is 32.6 Å². The second kappa shape index (κ2) is 8.72. The van der Waals surface area contributed by atoms with Gasteiger partial charge in [0.25, 0.3) is 0 Å². The molecule has 5 rings (SSSR count). The molecule has 4 heterocycles. The highest BCUT2D eigenvalue weighted by atomic mass is 32.1. The summed E-state index contributed by atoms with van der Waals surface area (Å²) in [5.41, 5.74) is 3.07. The van der Waals surface area contributed by atoms with Crippen LogP contribution in [0.25, 0.3) is 20.7 Å². The number of thiophene rings is 2. The van der Waals surface area contributed by atoms with Gasteiger partial charge < -0.3 is 29.7 Å². The molecule has 3 aromatic heterocycles. The molecule has 1 saturated heterocycles. The minimum Gasteiger partial charge on any atom is -0.394 e. The highest BCUT2D eigenvalue weighted by molar-refractivity contribution is 7.21. The van der Waals surface area contributed by atoms with Crippen LogP contribution in [0.4, 0.5) is 0 Å². The average molecular weight is 472 g/mol. The molecule has 0 radical (unpaired) electrons. The zero-order valence-corrected chi connectivity index (χ0v) is 19.1. The summed E-state index contributed by atoms with van der Waals surface area (Å²) in [5, 5.41) is 43.9. The quantitative estimate of drug-likeness (QED) is 0.358. The van der Waals surface area contributed by atoms with E-state index in [9.17, 15) is 20.4 Å². The van der Waals surface area contributed by atoms with Gasteiger partial charge in [-0.05, 0) is 47.7 Å². The molecule has 6 nitrogen and oxygen atoms in total. The summed E-state index contributed by atoms with van der Waals surface area (Å²) in [4.78, 5) is 3.72. The Bertz CT molecular complexity index is 1210. The maximum atomic E-state index is 10.7. The summed E-state index contributed by atoms with van der Waals surface area (Å²) in [6, 6.07) is 14.4. The summed E-state index contributed by atoms with van der Waals surface area (Å²) in [5.74, 6) is 0. The van der Waals surface area contributed by atoms with Crippen LogP contribution >= 0.6 is 22.7 Å². The van der Waals surface area contributed by atoms with E-state index in [1.54, 1.807) is 22.7 Å². The molecular weight excluding hydrogens is 446 g/mol. The molecule has 4 aromatic rings. The molecule has 168 valence electrons. The summed E-state index contributed by atoms with van der Waals surface area (Å²) in [6.45, 7) is 1.60. The van der Waals surface area contributed by atoms with Crippen molar-refractivity contribution in [1.82, 2.24) is 4.57 Å². The molecule has 1 aliphatic heterocycles. The van der Waals surface area contributed by atoms with E-state index >= 15 is 0 Å². The van der Waals surface area contributed by atoms with Crippen LogP contribution < -0.4 is 0 Å². The van der Waals surface area contributed by atoms with Gasteiger partial charge in [-0.2, -0.15) is 0 Å². The second-order valence-corrected chi connectivity index (χ2v) is 10.3. The lowest BCUT2D eigenvalue weighted by molar-refractivity contribution is -0.250. The summed E-state index contributed by atoms with van der Waals surface area (Å²) in [7, 11) is 0. The Labute approximate surface area is 193 Å². The third-order valence-electron chi connectivity index (χ3n) is 6.08. The van der Waals surface area contributed by atoms with Crippen LogP contribution in [-0.4, -0.2) is 56.0 Å². The van der Waals surface area contributed by atoms with Gasteiger partial charge in [0.2, 0.25) is 0 Å². The average Bonchev–Trinajstić information content (AvgIpc) is 3.53. The Balaban J connectivity index is 1.54. The van der Waals surface area contributed by atoms with Crippen molar-refractivity contribution in [3.05, 3.63) is 70.0 Å². The summed E-state index contributed by atoms with van der Waals surface area (Å²) in [6.07, 6.45) is -3.32. The standard InChI is InChI=1S/C24H25NO5S2/c1-13-4-2-5-16-20(13)14(10-15-7-8-19(32-15)18-6-3-9-31-18)11-25(16)24-23(29)22(28)21(27)17(12-26)30-24/h2-9,11,17,21-24,26-29H,10,12H2,1H3/t17-,21-,22+,23-,24-/m1/s1. The largest absolute Gasteiger partial charge is 0.394 e. The summed E-state index contributed by atoms with van der Waals surface area (Å²) < 4.78 is 7.65. The Morgan fingerprint density at radius 3 is 2.56 bits per heavy atom. The molecule has 0 unspecified atom stereocenters. The number of hydrogen-bond donors (Lipinski definition) is 4. The topological polar surface area (TPSA) is 95.1 Å². The minimum absolute atomic E-state index is 0.451. The van der Waals surface area contributed by atoms with Crippen molar-refractivity contribution in [1.29, 1.82) is 0 Å². The van der Waals surface area contributed by atoms with E-state index in [-0.39, 0.29) is 0 Å². The van der Waals surface area contributed by atoms with Crippen LogP contribution in [0.15, 0.2) is 54.0 Å². The van der Waals surface area contributed by atoms with E-state index in [0.717, 1.165) is 28.5 Å². The number of fused-ring (bicyclic) bond motifs is 1. The third-order valence-corrected chi connectivity index (χ3v) is 8.23. The van der Waals surface area contributed by atoms with Crippen LogP contribution in [-0.2, 0) is 11.2 Å². The fourth-order valence-corrected chi connectivity index (χ4v) is 6.32. The Morgan fingerprint density at radius 2 is 1.81 bits per heavy atom. The molecule has 1 aliphatic rings. The van der Waals surface area contributed by atoms with E-state index < -0.39 is 37.3 Å². The number of benzene rings is 1. The Hall–Kier alpha value is -2.04. The summed E-state index contributed by atoms with van der Waals surface area (Å²) >= 11 is 3.49. The molecule has 5 atom stereocenters. The molecule has 0 saturated carbocycles. The molecule has 0 amide bonds. The molecule has 1 aromatic carbocycles. The van der Waals surface area contributed by atoms with E-state index in [1.165, 1.54) is 14.6 Å². The molecule has 0 spiro atoms. The van der Waals surface area contributed by atoms with Gasteiger partial charge in [-0.1, -0.05) is 18.2 Å². The Kier molecular flexibility index (Phi) is 5.94. The molecule has 1 fully saturated rings. The highest BCUT2D eigenvalue weighted by Crippen LogP contribution is 2.37. The molecule has 4 N–H and O–H groups in total. The van der Waals surface area contributed by atoms with Gasteiger partial charge in [0.15, 0.2) is 6.23 Å². The third kappa shape index (κ3) is 3.72. The number of aliphatic hydroxyl groups is 4. The zero-order chi connectivity index (χ0) is 22.4. The van der Waals surface area contributed by atoms with Crippen molar-refractivity contribution in [2.75, 3.05) is 6.61 Å². The smallest absolute Gasteiger partial charge is 0.163 e. The molecule has 32 heavy (non-hydrogen) atoms. The van der Waals surface area contributed by atoms with Gasteiger partial charge in [0.1, 0.15) is 24.4 Å². The van der Waals surface area contributed by atoms with E-state index in [4.69, 9.17) is 4.74 Å². The maximum absolute atomic E-state index is 10.7. The van der Waals surface area contributed by atoms with Crippen molar-refractivity contribution in [3.63, 3.8) is 0 Å². The number of ether oxygens (including phenoxy) is 1. The van der Waals surface area contributed by atoms with E-state index in [1.807, 2.05) is 22.9 Å². The normalized spacial score (nSPS) is 26.1. The lowest BCUT2D eigenvalue weighted by Gasteiger charge is -2.40. The van der Waals surface area contributed by atoms with Gasteiger partial charge in [-0.3, -0.25) is 0 Å². The number of aryl methyl sites for hydroxylation is 1. The number of hydrogen-bond acceptors (Lipinski definition) is 7. The van der Waals surface area contributed by atoms with Gasteiger partial charge in [-0.25, -0.2) is 0 Å². The van der Waals surface area contributed by atoms with Crippen molar-refractivity contribution in [2.45, 2.75) is 44.0 Å². The first-order valence-corrected chi connectivity index (χ1v) is 12.2. The fourth-order valence-electron chi connectivity index (χ4n) is 4.46. The number of nitrogens with zero attached hydrogens (tertiary/aromatic N) is 1. The SMILES string of the molecule is Cc1cccc2c1c(Cc1ccc(-c3cccs3)s1)cn2[C@@H]1O[C@H](CO)[C@@H](O)[C@H](O)[C@H]1O. The van der Waals surface area contributed by atoms with Crippen molar-refractivity contribution in [2.24, 2.45) is 0 Å². The predicted octanol–water partition coefficient (Wildman–Crippen LogP) is 3.30. The van der Waals surface area contributed by atoms with Gasteiger partial charge >= 0.3 is 0 Å². The van der Waals surface area contributed by atoms with Crippen LogP contribution in [0.1, 0.15) is 22.2 Å².